The van der Waals surface area contributed by atoms with Gasteiger partial charge in [0.1, 0.15) is 42.3 Å². The predicted molar refractivity (Wildman–Crippen MR) is 299 cm³/mol. The smallest absolute Gasteiger partial charge is 0.326 e. The van der Waals surface area contributed by atoms with Crippen molar-refractivity contribution in [1.29, 1.82) is 0 Å². The van der Waals surface area contributed by atoms with E-state index in [-0.39, 0.29) is 69.7 Å². The summed E-state index contributed by atoms with van der Waals surface area (Å²) in [4.78, 5) is 179. The van der Waals surface area contributed by atoms with Crippen LogP contribution in [0, 0.1) is 0 Å². The number of nitrogens with two attached hydrogens (primary N) is 5. The minimum atomic E-state index is -1.74. The lowest BCUT2D eigenvalue weighted by molar-refractivity contribution is -0.143. The largest absolute Gasteiger partial charge is 0.481 e. The highest BCUT2D eigenvalue weighted by atomic mass is 16.4. The van der Waals surface area contributed by atoms with Gasteiger partial charge in [0.05, 0.1) is 31.7 Å². The van der Waals surface area contributed by atoms with E-state index in [0.29, 0.717) is 28.6 Å². The molecule has 0 bridgehead atoms. The minimum Gasteiger partial charge on any atom is -0.481 e. The molecule has 85 heavy (non-hydrogen) atoms. The topological polar surface area (TPSA) is 577 Å². The van der Waals surface area contributed by atoms with Gasteiger partial charge < -0.3 is 101 Å². The van der Waals surface area contributed by atoms with Crippen molar-refractivity contribution < 1.29 is 72.9 Å². The molecule has 24 N–H and O–H groups in total. The third-order valence-corrected chi connectivity index (χ3v) is 12.9. The van der Waals surface area contributed by atoms with Gasteiger partial charge >= 0.3 is 17.9 Å². The van der Waals surface area contributed by atoms with Gasteiger partial charge in [-0.25, -0.2) is 14.8 Å². The van der Waals surface area contributed by atoms with Gasteiger partial charge in [0, 0.05) is 79.5 Å². The molecule has 0 spiro atoms. The molecule has 0 unspecified atom stereocenters. The standard InChI is InChI=1S/C51H73N19O15/c52-14-4-3-8-32(45(79)66-33(10-12-39(54)71)47(81)68-35(50(84)85)9-5-15-59-51(55)56)65-46(80)34(11-13-41(73)74)67-48(82)37(18-28-22-58-25-63-28)64-40(72)23-61-44(78)36(16-26-20-60-31-7-2-1-6-29(26)31)70-49(83)38(19-42(75)76)69-43(77)30(53)17-27-21-57-24-62-27/h1-2,6-7,20-22,24-25,30,32-38,60H,3-5,8-19,23,52-53H2,(H2,54,71)(H,57,62)(H,58,63)(H,61,78)(H,64,72)(H,65,80)(H,66,79)(H,67,82)(H,68,81)(H,69,77)(H,70,83)(H,73,74)(H,75,76)(H,84,85)(H4,55,56,59)/t30-,32-,33-,34-,35-,36-,37-,38-/m0/s1. The molecule has 0 aliphatic carbocycles. The van der Waals surface area contributed by atoms with Crippen molar-refractivity contribution in [2.45, 2.75) is 132 Å². The fourth-order valence-corrected chi connectivity index (χ4v) is 8.46. The second-order valence-electron chi connectivity index (χ2n) is 19.5. The molecule has 0 saturated heterocycles. The number of guanidine groups is 1. The van der Waals surface area contributed by atoms with Gasteiger partial charge in [-0.2, -0.15) is 0 Å². The van der Waals surface area contributed by atoms with E-state index < -0.39 is 158 Å². The van der Waals surface area contributed by atoms with Crippen LogP contribution in [0.25, 0.3) is 10.9 Å². The van der Waals surface area contributed by atoms with Crippen LogP contribution in [0.4, 0.5) is 0 Å². The van der Waals surface area contributed by atoms with Crippen LogP contribution in [0.3, 0.4) is 0 Å². The summed E-state index contributed by atoms with van der Waals surface area (Å²) < 4.78 is 0. The van der Waals surface area contributed by atoms with Gasteiger partial charge in [-0.3, -0.25) is 57.7 Å². The molecule has 462 valence electrons. The fourth-order valence-electron chi connectivity index (χ4n) is 8.46. The Morgan fingerprint density at radius 2 is 1.08 bits per heavy atom. The Morgan fingerprint density at radius 3 is 1.65 bits per heavy atom. The molecule has 1 aromatic carbocycles. The van der Waals surface area contributed by atoms with E-state index in [1.54, 1.807) is 30.5 Å². The van der Waals surface area contributed by atoms with Crippen LogP contribution in [0.15, 0.2) is 60.5 Å². The number of imidazole rings is 2. The molecule has 34 nitrogen and oxygen atoms in total. The molecular formula is C51H73N19O15. The first-order valence-electron chi connectivity index (χ1n) is 26.8. The van der Waals surface area contributed by atoms with Crippen LogP contribution in [-0.2, 0) is 76.8 Å². The van der Waals surface area contributed by atoms with Crippen molar-refractivity contribution in [2.75, 3.05) is 19.6 Å². The van der Waals surface area contributed by atoms with E-state index in [1.807, 2.05) is 0 Å². The Bertz CT molecular complexity index is 2970. The van der Waals surface area contributed by atoms with Gasteiger partial charge in [-0.05, 0) is 63.1 Å². The Morgan fingerprint density at radius 1 is 0.553 bits per heavy atom. The highest BCUT2D eigenvalue weighted by Crippen LogP contribution is 2.20. The molecule has 0 radical (unpaired) electrons. The SMILES string of the molecule is NCCCC[C@H](NC(=O)[C@H](CCC(=O)O)NC(=O)[C@H](Cc1cnc[nH]1)NC(=O)CNC(=O)[C@H](Cc1c[nH]c2ccccc12)NC(=O)[C@H](CC(=O)O)NC(=O)[C@@H](N)Cc1cnc[nH]1)C(=O)N[C@@H](CCC(N)=O)C(=O)N[C@@H](CCCN=C(N)N)C(=O)O. The number of rotatable bonds is 39. The fraction of sp³-hybridized carbons (Fsp3) is 0.471. The number of carbonyl (C=O) groups is 12. The summed E-state index contributed by atoms with van der Waals surface area (Å²) in [6.07, 6.45) is 3.58. The number of para-hydroxylation sites is 1. The third-order valence-electron chi connectivity index (χ3n) is 12.9. The van der Waals surface area contributed by atoms with Gasteiger partial charge in [0.2, 0.25) is 53.2 Å². The molecule has 3 heterocycles. The summed E-state index contributed by atoms with van der Waals surface area (Å²) in [6, 6.07) is -5.50. The van der Waals surface area contributed by atoms with Crippen LogP contribution in [0.1, 0.15) is 81.2 Å². The molecule has 8 atom stereocenters. The lowest BCUT2D eigenvalue weighted by atomic mass is 10.0. The number of aliphatic carboxylic acids is 3. The zero-order valence-corrected chi connectivity index (χ0v) is 46.1. The quantitative estimate of drug-likeness (QED) is 0.0112. The monoisotopic (exact) mass is 1190 g/mol. The number of carbonyl (C=O) groups excluding carboxylic acids is 9. The minimum absolute atomic E-state index is 0.0262. The summed E-state index contributed by atoms with van der Waals surface area (Å²) in [5, 5.41) is 49.1. The number of H-pyrrole nitrogens is 3. The van der Waals surface area contributed by atoms with Gasteiger partial charge in [0.15, 0.2) is 5.96 Å². The van der Waals surface area contributed by atoms with Crippen LogP contribution < -0.4 is 71.2 Å². The van der Waals surface area contributed by atoms with Crippen molar-refractivity contribution in [3.8, 4) is 0 Å². The molecule has 0 aliphatic heterocycles. The van der Waals surface area contributed by atoms with E-state index in [2.05, 4.69) is 72.4 Å². The van der Waals surface area contributed by atoms with Crippen molar-refractivity contribution in [2.24, 2.45) is 33.7 Å². The number of hydrogen-bond donors (Lipinski definition) is 19. The highest BCUT2D eigenvalue weighted by molar-refractivity contribution is 5.98. The number of primary amides is 1. The van der Waals surface area contributed by atoms with Gasteiger partial charge in [0.25, 0.3) is 0 Å². The Hall–Kier alpha value is -9.99. The van der Waals surface area contributed by atoms with E-state index >= 15 is 0 Å². The van der Waals surface area contributed by atoms with Crippen LogP contribution in [-0.4, -0.2) is 185 Å². The number of hydrogen-bond acceptors (Lipinski definition) is 17. The Kier molecular flexibility index (Phi) is 27.4. The maximum Gasteiger partial charge on any atom is 0.326 e. The number of carboxylic acid groups (broad SMARTS) is 3. The number of unbranched alkanes of at least 4 members (excludes halogenated alkanes) is 1. The highest BCUT2D eigenvalue weighted by Gasteiger charge is 2.35. The number of nitrogens with zero attached hydrogens (tertiary/aromatic N) is 3. The maximum atomic E-state index is 14.2. The van der Waals surface area contributed by atoms with Crippen molar-refractivity contribution in [3.63, 3.8) is 0 Å². The zero-order valence-electron chi connectivity index (χ0n) is 46.1. The van der Waals surface area contributed by atoms with Crippen molar-refractivity contribution in [3.05, 3.63) is 72.5 Å². The van der Waals surface area contributed by atoms with E-state index in [4.69, 9.17) is 28.7 Å². The summed E-state index contributed by atoms with van der Waals surface area (Å²) in [6.45, 7) is -0.682. The predicted octanol–water partition coefficient (Wildman–Crippen LogP) is -5.65. The number of fused-ring (bicyclic) bond motifs is 1. The molecule has 4 aromatic rings. The van der Waals surface area contributed by atoms with Crippen LogP contribution in [0.2, 0.25) is 0 Å². The Labute approximate surface area is 484 Å². The molecule has 9 amide bonds. The second kappa shape index (κ2) is 34.5. The second-order valence-corrected chi connectivity index (χ2v) is 19.5. The number of aliphatic imine (C=N–C) groups is 1. The van der Waals surface area contributed by atoms with Crippen LogP contribution >= 0.6 is 0 Å². The number of amides is 9. The molecule has 4 rings (SSSR count). The van der Waals surface area contributed by atoms with Gasteiger partial charge in [-0.1, -0.05) is 18.2 Å². The number of nitrogens with one attached hydrogen (secondary N) is 11. The lowest BCUT2D eigenvalue weighted by Crippen LogP contribution is -2.59. The summed E-state index contributed by atoms with van der Waals surface area (Å²) >= 11 is 0. The number of aromatic amines is 3. The number of aromatic nitrogens is 5. The van der Waals surface area contributed by atoms with E-state index in [0.717, 1.165) is 0 Å². The number of benzene rings is 1. The molecule has 0 saturated carbocycles. The van der Waals surface area contributed by atoms with E-state index in [1.165, 1.54) is 25.0 Å². The maximum absolute atomic E-state index is 14.2. The summed E-state index contributed by atoms with van der Waals surface area (Å²) in [7, 11) is 0. The first-order valence-corrected chi connectivity index (χ1v) is 26.8. The molecule has 34 heteroatoms. The van der Waals surface area contributed by atoms with Crippen molar-refractivity contribution >= 4 is 87.9 Å². The zero-order chi connectivity index (χ0) is 62.6. The third kappa shape index (κ3) is 23.8. The Balaban J connectivity index is 1.55. The average Bonchev–Trinajstić information content (AvgIpc) is 3.74. The molecule has 3 aromatic heterocycles. The first kappa shape index (κ1) is 67.5. The first-order chi connectivity index (χ1) is 40.4. The number of carboxylic acids is 3. The molecule has 0 aliphatic rings. The summed E-state index contributed by atoms with van der Waals surface area (Å²) in [5.74, 6) is -13.6. The van der Waals surface area contributed by atoms with E-state index in [9.17, 15) is 72.9 Å². The molecule has 0 fully saturated rings. The summed E-state index contributed by atoms with van der Waals surface area (Å²) in [5.41, 5.74) is 29.6. The lowest BCUT2D eigenvalue weighted by Gasteiger charge is -2.27. The van der Waals surface area contributed by atoms with Gasteiger partial charge in [-0.15, -0.1) is 0 Å². The molecular weight excluding hydrogens is 1120 g/mol. The van der Waals surface area contributed by atoms with Crippen molar-refractivity contribution in [1.82, 2.24) is 67.5 Å². The normalized spacial score (nSPS) is 13.8. The average molecular weight is 1190 g/mol. The van der Waals surface area contributed by atoms with Crippen LogP contribution in [0.5, 0.6) is 0 Å².